The minimum Gasteiger partial charge on any atom is -0.370 e. The van der Waals surface area contributed by atoms with Gasteiger partial charge in [0, 0.05) is 49.2 Å². The second kappa shape index (κ2) is 9.13. The monoisotopic (exact) mass is 511 g/mol. The van der Waals surface area contributed by atoms with Crippen LogP contribution in [0.5, 0.6) is 0 Å². The van der Waals surface area contributed by atoms with E-state index in [2.05, 4.69) is 44.7 Å². The van der Waals surface area contributed by atoms with Gasteiger partial charge in [-0.2, -0.15) is 5.26 Å². The van der Waals surface area contributed by atoms with Gasteiger partial charge in [0.05, 0.1) is 29.5 Å². The molecule has 0 aromatic carbocycles. The molecule has 0 spiro atoms. The molecule has 2 fully saturated rings. The number of hydrogen-bond acceptors (Lipinski definition) is 5. The standard InChI is InChI=1S/C31H37N5O2/c1-19(2)26-17-34(12-13-36(26)30(37)28-20(3)14-22-8-6-7-11-35(22)28)29-24(16-32)23-15-31(4,5)38-18-25(23)27(33-29)21-9-10-21/h6-8,11,14,19,21,26H,9-10,12-13,15,17-18H2,1-5H3. The third-order valence-corrected chi connectivity index (χ3v) is 8.53. The molecule has 6 rings (SSSR count). The number of aryl methyl sites for hydroxylation is 1. The van der Waals surface area contributed by atoms with Crippen molar-refractivity contribution in [2.45, 2.75) is 78.0 Å². The third-order valence-electron chi connectivity index (χ3n) is 8.53. The number of ether oxygens (including phenoxy) is 1. The summed E-state index contributed by atoms with van der Waals surface area (Å²) in [7, 11) is 0. The van der Waals surface area contributed by atoms with Gasteiger partial charge in [-0.05, 0) is 68.9 Å². The number of hydrogen-bond donors (Lipinski definition) is 0. The average molecular weight is 512 g/mol. The lowest BCUT2D eigenvalue weighted by molar-refractivity contribution is -0.0407. The quantitative estimate of drug-likeness (QED) is 0.480. The summed E-state index contributed by atoms with van der Waals surface area (Å²) < 4.78 is 8.16. The van der Waals surface area contributed by atoms with Crippen molar-refractivity contribution < 1.29 is 9.53 Å². The van der Waals surface area contributed by atoms with Crippen LogP contribution in [0.2, 0.25) is 0 Å². The summed E-state index contributed by atoms with van der Waals surface area (Å²) in [6.45, 7) is 13.0. The molecular weight excluding hydrogens is 474 g/mol. The molecule has 38 heavy (non-hydrogen) atoms. The van der Waals surface area contributed by atoms with Gasteiger partial charge in [0.2, 0.25) is 0 Å². The molecule has 3 aromatic heterocycles. The summed E-state index contributed by atoms with van der Waals surface area (Å²) in [6.07, 6.45) is 4.98. The molecule has 198 valence electrons. The summed E-state index contributed by atoms with van der Waals surface area (Å²) in [5.74, 6) is 1.59. The van der Waals surface area contributed by atoms with E-state index in [0.29, 0.717) is 44.1 Å². The Balaban J connectivity index is 1.36. The molecule has 1 aliphatic carbocycles. The van der Waals surface area contributed by atoms with E-state index in [1.807, 2.05) is 40.6 Å². The predicted molar refractivity (Wildman–Crippen MR) is 148 cm³/mol. The number of aromatic nitrogens is 2. The van der Waals surface area contributed by atoms with E-state index in [0.717, 1.165) is 52.3 Å². The number of pyridine rings is 2. The van der Waals surface area contributed by atoms with Crippen molar-refractivity contribution in [1.82, 2.24) is 14.3 Å². The van der Waals surface area contributed by atoms with Gasteiger partial charge in [0.1, 0.15) is 17.6 Å². The fourth-order valence-electron chi connectivity index (χ4n) is 6.31. The zero-order valence-corrected chi connectivity index (χ0v) is 23.1. The van der Waals surface area contributed by atoms with Crippen molar-refractivity contribution in [3.63, 3.8) is 0 Å². The minimum absolute atomic E-state index is 0.0124. The van der Waals surface area contributed by atoms with Crippen LogP contribution < -0.4 is 4.90 Å². The predicted octanol–water partition coefficient (Wildman–Crippen LogP) is 5.23. The highest BCUT2D eigenvalue weighted by Crippen LogP contribution is 2.46. The smallest absolute Gasteiger partial charge is 0.271 e. The van der Waals surface area contributed by atoms with Gasteiger partial charge in [-0.15, -0.1) is 0 Å². The highest BCUT2D eigenvalue weighted by molar-refractivity contribution is 5.96. The highest BCUT2D eigenvalue weighted by Gasteiger charge is 2.40. The zero-order chi connectivity index (χ0) is 26.8. The number of piperazine rings is 1. The fraction of sp³-hybridized carbons (Fsp3) is 0.516. The molecule has 0 bridgehead atoms. The van der Waals surface area contributed by atoms with Crippen LogP contribution in [-0.2, 0) is 17.8 Å². The summed E-state index contributed by atoms with van der Waals surface area (Å²) in [6, 6.07) is 10.6. The summed E-state index contributed by atoms with van der Waals surface area (Å²) in [5.41, 5.74) is 6.53. The number of nitrogens with zero attached hydrogens (tertiary/aromatic N) is 5. The number of carbonyl (C=O) groups excluding carboxylic acids is 1. The maximum atomic E-state index is 14.0. The van der Waals surface area contributed by atoms with E-state index < -0.39 is 0 Å². The highest BCUT2D eigenvalue weighted by atomic mass is 16.5. The van der Waals surface area contributed by atoms with E-state index >= 15 is 0 Å². The van der Waals surface area contributed by atoms with E-state index in [1.54, 1.807) is 0 Å². The number of anilines is 1. The summed E-state index contributed by atoms with van der Waals surface area (Å²) in [4.78, 5) is 23.5. The van der Waals surface area contributed by atoms with Gasteiger partial charge < -0.3 is 18.9 Å². The van der Waals surface area contributed by atoms with Crippen LogP contribution in [0.4, 0.5) is 5.82 Å². The Kier molecular flexibility index (Phi) is 5.99. The van der Waals surface area contributed by atoms with Gasteiger partial charge in [-0.25, -0.2) is 4.98 Å². The zero-order valence-electron chi connectivity index (χ0n) is 23.1. The Morgan fingerprint density at radius 2 is 2.00 bits per heavy atom. The van der Waals surface area contributed by atoms with Gasteiger partial charge >= 0.3 is 0 Å². The Hall–Kier alpha value is -3.37. The van der Waals surface area contributed by atoms with Crippen molar-refractivity contribution in [2.75, 3.05) is 24.5 Å². The van der Waals surface area contributed by atoms with E-state index in [4.69, 9.17) is 9.72 Å². The molecule has 7 nitrogen and oxygen atoms in total. The first kappa shape index (κ1) is 24.9. The number of fused-ring (bicyclic) bond motifs is 2. The van der Waals surface area contributed by atoms with Crippen LogP contribution in [0.3, 0.4) is 0 Å². The lowest BCUT2D eigenvalue weighted by Crippen LogP contribution is -2.58. The molecular formula is C31H37N5O2. The average Bonchev–Trinajstić information content (AvgIpc) is 3.68. The van der Waals surface area contributed by atoms with Crippen molar-refractivity contribution in [2.24, 2.45) is 5.92 Å². The molecule has 2 aliphatic heterocycles. The summed E-state index contributed by atoms with van der Waals surface area (Å²) in [5, 5.41) is 10.4. The van der Waals surface area contributed by atoms with Crippen LogP contribution in [0.1, 0.15) is 84.9 Å². The van der Waals surface area contributed by atoms with E-state index in [-0.39, 0.29) is 23.5 Å². The first-order valence-corrected chi connectivity index (χ1v) is 13.9. The summed E-state index contributed by atoms with van der Waals surface area (Å²) >= 11 is 0. The maximum Gasteiger partial charge on any atom is 0.271 e. The molecule has 1 atom stereocenters. The number of carbonyl (C=O) groups is 1. The van der Waals surface area contributed by atoms with Crippen molar-refractivity contribution in [1.29, 1.82) is 5.26 Å². The number of rotatable bonds is 4. The molecule has 1 amide bonds. The fourth-order valence-corrected chi connectivity index (χ4v) is 6.31. The Morgan fingerprint density at radius 1 is 1.21 bits per heavy atom. The Bertz CT molecular complexity index is 1460. The number of amides is 1. The van der Waals surface area contributed by atoms with Crippen molar-refractivity contribution >= 4 is 17.2 Å². The SMILES string of the molecule is Cc1cc2ccccn2c1C(=O)N1CCN(c2nc(C3CC3)c3c(c2C#N)CC(C)(C)OC3)CC1C(C)C. The first-order valence-electron chi connectivity index (χ1n) is 13.9. The van der Waals surface area contributed by atoms with Crippen LogP contribution in [0, 0.1) is 24.2 Å². The lowest BCUT2D eigenvalue weighted by Gasteiger charge is -2.44. The van der Waals surface area contributed by atoms with Crippen LogP contribution in [-0.4, -0.2) is 51.5 Å². The molecule has 1 unspecified atom stereocenters. The van der Waals surface area contributed by atoms with Crippen molar-refractivity contribution in [3.05, 3.63) is 64.1 Å². The minimum atomic E-state index is -0.304. The number of nitriles is 1. The lowest BCUT2D eigenvalue weighted by atomic mass is 9.87. The molecule has 5 heterocycles. The Morgan fingerprint density at radius 3 is 2.71 bits per heavy atom. The largest absolute Gasteiger partial charge is 0.370 e. The second-order valence-electron chi connectivity index (χ2n) is 12.2. The third kappa shape index (κ3) is 4.16. The van der Waals surface area contributed by atoms with E-state index in [9.17, 15) is 10.1 Å². The topological polar surface area (TPSA) is 73.9 Å². The van der Waals surface area contributed by atoms with Crippen LogP contribution >= 0.6 is 0 Å². The van der Waals surface area contributed by atoms with Gasteiger partial charge in [-0.3, -0.25) is 4.79 Å². The van der Waals surface area contributed by atoms with Gasteiger partial charge in [0.25, 0.3) is 5.91 Å². The molecule has 1 saturated carbocycles. The normalized spacial score (nSPS) is 21.0. The molecule has 0 N–H and O–H groups in total. The molecule has 1 saturated heterocycles. The second-order valence-corrected chi connectivity index (χ2v) is 12.2. The van der Waals surface area contributed by atoms with Gasteiger partial charge in [-0.1, -0.05) is 19.9 Å². The van der Waals surface area contributed by atoms with E-state index in [1.165, 1.54) is 0 Å². The maximum absolute atomic E-state index is 14.0. The van der Waals surface area contributed by atoms with Gasteiger partial charge in [0.15, 0.2) is 0 Å². The molecule has 0 radical (unpaired) electrons. The molecule has 3 aliphatic rings. The first-order chi connectivity index (χ1) is 18.2. The van der Waals surface area contributed by atoms with Crippen LogP contribution in [0.15, 0.2) is 30.5 Å². The molecule has 7 heteroatoms. The van der Waals surface area contributed by atoms with Crippen molar-refractivity contribution in [3.8, 4) is 6.07 Å². The molecule has 3 aromatic rings. The Labute approximate surface area is 225 Å². The van der Waals surface area contributed by atoms with Crippen LogP contribution in [0.25, 0.3) is 5.52 Å².